The van der Waals surface area contributed by atoms with Crippen LogP contribution >= 0.6 is 0 Å². The van der Waals surface area contributed by atoms with Gasteiger partial charge in [0.05, 0.1) is 0 Å². The Morgan fingerprint density at radius 3 is 2.85 bits per heavy atom. The fourth-order valence-corrected chi connectivity index (χ4v) is 1.40. The van der Waals surface area contributed by atoms with Gasteiger partial charge in [-0.25, -0.2) is 4.98 Å². The molecule has 0 aliphatic heterocycles. The van der Waals surface area contributed by atoms with Crippen LogP contribution in [0, 0.1) is 13.8 Å². The van der Waals surface area contributed by atoms with Crippen molar-refractivity contribution in [2.75, 3.05) is 0 Å². The van der Waals surface area contributed by atoms with Crippen LogP contribution in [0.2, 0.25) is 0 Å². The number of fused-ring (bicyclic) bond motifs is 1. The zero-order valence-corrected chi connectivity index (χ0v) is 7.52. The molecule has 0 spiro atoms. The van der Waals surface area contributed by atoms with Gasteiger partial charge in [-0.3, -0.25) is 4.40 Å². The van der Waals surface area contributed by atoms with Gasteiger partial charge in [0.1, 0.15) is 6.61 Å². The summed E-state index contributed by atoms with van der Waals surface area (Å²) in [5, 5.41) is 16.6. The largest absolute Gasteiger partial charge is 0.388 e. The predicted octanol–water partition coefficient (Wildman–Crippen LogP) is 0.233. The molecule has 68 valence electrons. The van der Waals surface area contributed by atoms with Crippen molar-refractivity contribution in [3.05, 3.63) is 23.3 Å². The van der Waals surface area contributed by atoms with E-state index in [1.807, 2.05) is 19.9 Å². The van der Waals surface area contributed by atoms with Gasteiger partial charge in [0.15, 0.2) is 5.82 Å². The summed E-state index contributed by atoms with van der Waals surface area (Å²) in [5.41, 5.74) is 1.89. The van der Waals surface area contributed by atoms with E-state index in [0.29, 0.717) is 11.6 Å². The minimum Gasteiger partial charge on any atom is -0.388 e. The van der Waals surface area contributed by atoms with Crippen molar-refractivity contribution in [3.8, 4) is 0 Å². The number of hydrogen-bond acceptors (Lipinski definition) is 4. The molecular formula is C8H10N4O. The number of hydrogen-bond donors (Lipinski definition) is 1. The second-order valence-electron chi connectivity index (χ2n) is 2.95. The van der Waals surface area contributed by atoms with Crippen molar-refractivity contribution in [1.82, 2.24) is 19.6 Å². The van der Waals surface area contributed by atoms with Gasteiger partial charge in [-0.1, -0.05) is 0 Å². The Bertz CT molecular complexity index is 449. The molecule has 2 aromatic rings. The Kier molecular flexibility index (Phi) is 1.73. The highest BCUT2D eigenvalue weighted by Gasteiger charge is 2.07. The molecule has 0 aliphatic carbocycles. The maximum Gasteiger partial charge on any atom is 0.255 e. The second-order valence-corrected chi connectivity index (χ2v) is 2.95. The molecule has 0 bridgehead atoms. The first-order valence-corrected chi connectivity index (χ1v) is 4.01. The number of rotatable bonds is 1. The third-order valence-corrected chi connectivity index (χ3v) is 1.90. The van der Waals surface area contributed by atoms with Crippen LogP contribution in [0.5, 0.6) is 0 Å². The normalized spacial score (nSPS) is 11.0. The smallest absolute Gasteiger partial charge is 0.255 e. The summed E-state index contributed by atoms with van der Waals surface area (Å²) in [4.78, 5) is 4.18. The summed E-state index contributed by atoms with van der Waals surface area (Å²) >= 11 is 0. The topological polar surface area (TPSA) is 63.3 Å². The minimum absolute atomic E-state index is 0.118. The summed E-state index contributed by atoms with van der Waals surface area (Å²) < 4.78 is 1.74. The number of nitrogens with zero attached hydrogens (tertiary/aromatic N) is 4. The van der Waals surface area contributed by atoms with E-state index in [-0.39, 0.29) is 6.61 Å². The van der Waals surface area contributed by atoms with Crippen LogP contribution in [0.3, 0.4) is 0 Å². The van der Waals surface area contributed by atoms with Crippen LogP contribution in [-0.2, 0) is 6.61 Å². The van der Waals surface area contributed by atoms with Crippen molar-refractivity contribution in [1.29, 1.82) is 0 Å². The molecule has 0 unspecified atom stereocenters. The highest BCUT2D eigenvalue weighted by Crippen LogP contribution is 2.07. The monoisotopic (exact) mass is 178 g/mol. The first-order chi connectivity index (χ1) is 6.22. The van der Waals surface area contributed by atoms with E-state index in [1.165, 1.54) is 0 Å². The van der Waals surface area contributed by atoms with E-state index in [4.69, 9.17) is 5.11 Å². The number of aromatic nitrogens is 4. The summed E-state index contributed by atoms with van der Waals surface area (Å²) in [6, 6.07) is 1.93. The molecule has 5 heteroatoms. The molecule has 1 N–H and O–H groups in total. The zero-order valence-electron chi connectivity index (χ0n) is 7.52. The van der Waals surface area contributed by atoms with Crippen molar-refractivity contribution < 1.29 is 5.11 Å². The Morgan fingerprint density at radius 1 is 1.38 bits per heavy atom. The number of aliphatic hydroxyl groups excluding tert-OH is 1. The van der Waals surface area contributed by atoms with Gasteiger partial charge in [0.2, 0.25) is 0 Å². The van der Waals surface area contributed by atoms with Gasteiger partial charge in [-0.2, -0.15) is 0 Å². The summed E-state index contributed by atoms with van der Waals surface area (Å²) in [6.07, 6.45) is 0. The quantitative estimate of drug-likeness (QED) is 0.679. The van der Waals surface area contributed by atoms with Crippen LogP contribution in [-0.4, -0.2) is 24.7 Å². The van der Waals surface area contributed by atoms with Crippen LogP contribution in [0.25, 0.3) is 5.78 Å². The van der Waals surface area contributed by atoms with Crippen LogP contribution in [0.1, 0.15) is 17.2 Å². The Morgan fingerprint density at radius 2 is 2.15 bits per heavy atom. The van der Waals surface area contributed by atoms with E-state index in [1.54, 1.807) is 4.40 Å². The fourth-order valence-electron chi connectivity index (χ4n) is 1.40. The molecular weight excluding hydrogens is 168 g/mol. The van der Waals surface area contributed by atoms with Crippen molar-refractivity contribution >= 4 is 5.78 Å². The van der Waals surface area contributed by atoms with Gasteiger partial charge in [-0.15, -0.1) is 10.2 Å². The summed E-state index contributed by atoms with van der Waals surface area (Å²) in [5.74, 6) is 1.07. The van der Waals surface area contributed by atoms with Gasteiger partial charge in [-0.05, 0) is 19.9 Å². The second kappa shape index (κ2) is 2.77. The van der Waals surface area contributed by atoms with E-state index in [9.17, 15) is 0 Å². The number of aryl methyl sites for hydroxylation is 2. The highest BCUT2D eigenvalue weighted by atomic mass is 16.3. The molecule has 5 nitrogen and oxygen atoms in total. The lowest BCUT2D eigenvalue weighted by Gasteiger charge is -2.01. The average Bonchev–Trinajstić information content (AvgIpc) is 2.47. The molecule has 2 heterocycles. The first kappa shape index (κ1) is 8.12. The van der Waals surface area contributed by atoms with Crippen LogP contribution in [0.4, 0.5) is 0 Å². The van der Waals surface area contributed by atoms with Gasteiger partial charge >= 0.3 is 0 Å². The van der Waals surface area contributed by atoms with Gasteiger partial charge in [0, 0.05) is 11.4 Å². The SMILES string of the molecule is Cc1cc(C)n2c(CO)nnc2n1. The summed E-state index contributed by atoms with van der Waals surface area (Å²) in [6.45, 7) is 3.72. The van der Waals surface area contributed by atoms with E-state index >= 15 is 0 Å². The van der Waals surface area contributed by atoms with Gasteiger partial charge in [0.25, 0.3) is 5.78 Å². The minimum atomic E-state index is -0.118. The third kappa shape index (κ3) is 1.17. The fraction of sp³-hybridized carbons (Fsp3) is 0.375. The molecule has 0 radical (unpaired) electrons. The van der Waals surface area contributed by atoms with E-state index in [2.05, 4.69) is 15.2 Å². The molecule has 2 rings (SSSR count). The summed E-state index contributed by atoms with van der Waals surface area (Å²) in [7, 11) is 0. The van der Waals surface area contributed by atoms with E-state index < -0.39 is 0 Å². The maximum absolute atomic E-state index is 8.97. The number of aliphatic hydroxyl groups is 1. The predicted molar refractivity (Wildman–Crippen MR) is 46.2 cm³/mol. The lowest BCUT2D eigenvalue weighted by atomic mass is 10.3. The van der Waals surface area contributed by atoms with Crippen molar-refractivity contribution in [2.24, 2.45) is 0 Å². The molecule has 0 amide bonds. The lowest BCUT2D eigenvalue weighted by molar-refractivity contribution is 0.269. The molecule has 0 saturated heterocycles. The van der Waals surface area contributed by atoms with Crippen molar-refractivity contribution in [3.63, 3.8) is 0 Å². The molecule has 0 saturated carbocycles. The first-order valence-electron chi connectivity index (χ1n) is 4.01. The lowest BCUT2D eigenvalue weighted by Crippen LogP contribution is -2.00. The third-order valence-electron chi connectivity index (χ3n) is 1.90. The Balaban J connectivity index is 2.82. The Labute approximate surface area is 75.1 Å². The highest BCUT2D eigenvalue weighted by molar-refractivity contribution is 5.32. The molecule has 13 heavy (non-hydrogen) atoms. The molecule has 2 aromatic heterocycles. The molecule has 0 atom stereocenters. The van der Waals surface area contributed by atoms with Crippen molar-refractivity contribution in [2.45, 2.75) is 20.5 Å². The Hall–Kier alpha value is -1.49. The zero-order chi connectivity index (χ0) is 9.42. The average molecular weight is 178 g/mol. The van der Waals surface area contributed by atoms with Crippen LogP contribution in [0.15, 0.2) is 6.07 Å². The standard InChI is InChI=1S/C8H10N4O/c1-5-3-6(2)12-7(4-13)10-11-8(12)9-5/h3,13H,4H2,1-2H3. The van der Waals surface area contributed by atoms with Gasteiger partial charge < -0.3 is 5.11 Å². The molecule has 0 aromatic carbocycles. The molecule has 0 fully saturated rings. The maximum atomic E-state index is 8.97. The van der Waals surface area contributed by atoms with Crippen LogP contribution < -0.4 is 0 Å². The van der Waals surface area contributed by atoms with E-state index in [0.717, 1.165) is 11.4 Å². The molecule has 0 aliphatic rings.